The molecule has 200 valence electrons. The van der Waals surface area contributed by atoms with Gasteiger partial charge in [-0.25, -0.2) is 4.63 Å². The third kappa shape index (κ3) is 7.35. The molecule has 0 fully saturated rings. The highest BCUT2D eigenvalue weighted by Gasteiger charge is 2.28. The van der Waals surface area contributed by atoms with Gasteiger partial charge in [-0.1, -0.05) is 90.2 Å². The fourth-order valence-electron chi connectivity index (χ4n) is 4.65. The minimum Gasteiger partial charge on any atom is -0.489 e. The van der Waals surface area contributed by atoms with Crippen molar-refractivity contribution in [1.29, 1.82) is 0 Å². The quantitative estimate of drug-likeness (QED) is 0.117. The summed E-state index contributed by atoms with van der Waals surface area (Å²) in [6.07, 6.45) is 14.6. The summed E-state index contributed by atoms with van der Waals surface area (Å²) >= 11 is 3.34. The number of thiophene rings is 2. The third-order valence-electron chi connectivity index (χ3n) is 6.65. The van der Waals surface area contributed by atoms with Crippen molar-refractivity contribution in [3.63, 3.8) is 0 Å². The Labute approximate surface area is 229 Å². The first kappa shape index (κ1) is 27.6. The van der Waals surface area contributed by atoms with E-state index in [-0.39, 0.29) is 0 Å². The summed E-state index contributed by atoms with van der Waals surface area (Å²) in [6.45, 7) is 5.81. The highest BCUT2D eigenvalue weighted by atomic mass is 32.1. The van der Waals surface area contributed by atoms with E-state index in [1.807, 2.05) is 0 Å². The van der Waals surface area contributed by atoms with Crippen molar-refractivity contribution in [3.8, 4) is 32.4 Å². The van der Waals surface area contributed by atoms with E-state index in [9.17, 15) is 0 Å². The van der Waals surface area contributed by atoms with Crippen molar-refractivity contribution in [3.05, 3.63) is 35.0 Å². The summed E-state index contributed by atoms with van der Waals surface area (Å²) in [6, 6.07) is 8.32. The van der Waals surface area contributed by atoms with Gasteiger partial charge >= 0.3 is 0 Å². The SMILES string of the molecule is CCCCCCCCOc1c(OCCCCCCCC)c(-c2cccs2)c2nonc2c1-c1cccs1. The van der Waals surface area contributed by atoms with Crippen LogP contribution in [0.15, 0.2) is 39.7 Å². The molecule has 7 heteroatoms. The number of hydrogen-bond donors (Lipinski definition) is 0. The number of rotatable bonds is 18. The maximum atomic E-state index is 6.60. The molecule has 0 radical (unpaired) electrons. The molecule has 1 aromatic carbocycles. The lowest BCUT2D eigenvalue weighted by Crippen LogP contribution is -2.06. The largest absolute Gasteiger partial charge is 0.489 e. The molecule has 4 aromatic rings. The molecule has 0 aliphatic rings. The van der Waals surface area contributed by atoms with Crippen molar-refractivity contribution in [2.45, 2.75) is 90.9 Å². The summed E-state index contributed by atoms with van der Waals surface area (Å²) in [5, 5.41) is 12.9. The molecule has 0 spiro atoms. The second-order valence-electron chi connectivity index (χ2n) is 9.56. The average Bonchev–Trinajstić information content (AvgIpc) is 3.70. The number of aromatic nitrogens is 2. The molecule has 37 heavy (non-hydrogen) atoms. The van der Waals surface area contributed by atoms with Gasteiger partial charge in [0.15, 0.2) is 11.5 Å². The Bertz CT molecular complexity index is 1080. The average molecular weight is 541 g/mol. The molecule has 5 nitrogen and oxygen atoms in total. The Morgan fingerprint density at radius 1 is 0.622 bits per heavy atom. The zero-order valence-corrected chi connectivity index (χ0v) is 23.9. The molecule has 0 unspecified atom stereocenters. The van der Waals surface area contributed by atoms with Crippen molar-refractivity contribution >= 4 is 33.7 Å². The van der Waals surface area contributed by atoms with Crippen LogP contribution >= 0.6 is 22.7 Å². The minimum absolute atomic E-state index is 0.651. The van der Waals surface area contributed by atoms with Gasteiger partial charge in [-0.3, -0.25) is 0 Å². The number of fused-ring (bicyclic) bond motifs is 1. The number of unbranched alkanes of at least 4 members (excludes halogenated alkanes) is 10. The Kier molecular flexibility index (Phi) is 11.3. The third-order valence-corrected chi connectivity index (χ3v) is 8.42. The van der Waals surface area contributed by atoms with Gasteiger partial charge in [-0.05, 0) is 46.0 Å². The second-order valence-corrected chi connectivity index (χ2v) is 11.5. The lowest BCUT2D eigenvalue weighted by Gasteiger charge is -2.19. The highest BCUT2D eigenvalue weighted by molar-refractivity contribution is 7.14. The molecule has 0 aliphatic carbocycles. The Hall–Kier alpha value is -2.38. The van der Waals surface area contributed by atoms with Crippen LogP contribution in [-0.2, 0) is 0 Å². The topological polar surface area (TPSA) is 57.4 Å². The minimum atomic E-state index is 0.651. The molecular formula is C30H40N2O3S2. The molecule has 0 saturated heterocycles. The van der Waals surface area contributed by atoms with Crippen LogP contribution < -0.4 is 9.47 Å². The molecule has 0 amide bonds. The van der Waals surface area contributed by atoms with Gasteiger partial charge < -0.3 is 9.47 Å². The van der Waals surface area contributed by atoms with Gasteiger partial charge in [0.25, 0.3) is 0 Å². The summed E-state index contributed by atoms with van der Waals surface area (Å²) in [4.78, 5) is 2.17. The van der Waals surface area contributed by atoms with Gasteiger partial charge in [-0.2, -0.15) is 0 Å². The van der Waals surface area contributed by atoms with Crippen LogP contribution in [0.2, 0.25) is 0 Å². The van der Waals surface area contributed by atoms with E-state index >= 15 is 0 Å². The summed E-state index contributed by atoms with van der Waals surface area (Å²) in [7, 11) is 0. The van der Waals surface area contributed by atoms with E-state index in [0.29, 0.717) is 13.2 Å². The smallest absolute Gasteiger partial charge is 0.172 e. The van der Waals surface area contributed by atoms with Gasteiger partial charge in [0.2, 0.25) is 0 Å². The maximum Gasteiger partial charge on any atom is 0.172 e. The van der Waals surface area contributed by atoms with Crippen LogP contribution in [-0.4, -0.2) is 23.5 Å². The summed E-state index contributed by atoms with van der Waals surface area (Å²) in [5.41, 5.74) is 3.32. The monoisotopic (exact) mass is 540 g/mol. The predicted molar refractivity (Wildman–Crippen MR) is 156 cm³/mol. The van der Waals surface area contributed by atoms with E-state index in [1.165, 1.54) is 64.2 Å². The maximum absolute atomic E-state index is 6.60. The van der Waals surface area contributed by atoms with E-state index in [0.717, 1.165) is 56.3 Å². The van der Waals surface area contributed by atoms with Gasteiger partial charge in [-0.15, -0.1) is 22.7 Å². The van der Waals surface area contributed by atoms with E-state index < -0.39 is 0 Å². The van der Waals surface area contributed by atoms with E-state index in [4.69, 9.17) is 14.1 Å². The second kappa shape index (κ2) is 15.1. The first-order chi connectivity index (χ1) is 18.3. The molecule has 0 N–H and O–H groups in total. The van der Waals surface area contributed by atoms with Crippen LogP contribution in [0.5, 0.6) is 11.5 Å². The molecule has 4 rings (SSSR count). The molecule has 3 aromatic heterocycles. The van der Waals surface area contributed by atoms with Crippen LogP contribution in [0.4, 0.5) is 0 Å². The normalized spacial score (nSPS) is 11.4. The van der Waals surface area contributed by atoms with Crippen molar-refractivity contribution in [1.82, 2.24) is 10.3 Å². The van der Waals surface area contributed by atoms with E-state index in [2.05, 4.69) is 59.2 Å². The number of ether oxygens (including phenoxy) is 2. The predicted octanol–water partition coefficient (Wildman–Crippen LogP) is 10.2. The van der Waals surface area contributed by atoms with Crippen molar-refractivity contribution < 1.29 is 14.1 Å². The van der Waals surface area contributed by atoms with Gasteiger partial charge in [0.05, 0.1) is 24.3 Å². The zero-order chi connectivity index (χ0) is 25.7. The molecule has 0 atom stereocenters. The zero-order valence-electron chi connectivity index (χ0n) is 22.3. The lowest BCUT2D eigenvalue weighted by atomic mass is 10.0. The summed E-state index contributed by atoms with van der Waals surface area (Å²) in [5.74, 6) is 1.54. The Morgan fingerprint density at radius 2 is 1.05 bits per heavy atom. The first-order valence-electron chi connectivity index (χ1n) is 14.0. The van der Waals surface area contributed by atoms with Crippen LogP contribution in [0.1, 0.15) is 90.9 Å². The molecule has 0 saturated carbocycles. The first-order valence-corrected chi connectivity index (χ1v) is 15.8. The number of benzene rings is 1. The van der Waals surface area contributed by atoms with Crippen molar-refractivity contribution in [2.75, 3.05) is 13.2 Å². The molecule has 3 heterocycles. The van der Waals surface area contributed by atoms with Crippen LogP contribution in [0.3, 0.4) is 0 Å². The molecule has 0 bridgehead atoms. The fraction of sp³-hybridized carbons (Fsp3) is 0.533. The highest BCUT2D eigenvalue weighted by Crippen LogP contribution is 2.51. The van der Waals surface area contributed by atoms with Gasteiger partial charge in [0, 0.05) is 9.75 Å². The standard InChI is InChI=1S/C30H40N2O3S2/c1-3-5-7-9-11-13-19-33-29-25(23-17-15-21-36-23)27-28(32-35-31-27)26(24-18-16-22-37-24)30(29)34-20-14-12-10-8-6-4-2/h15-18,21-22H,3-14,19-20H2,1-2H3. The molecule has 0 aliphatic heterocycles. The number of hydrogen-bond acceptors (Lipinski definition) is 7. The van der Waals surface area contributed by atoms with Crippen LogP contribution in [0.25, 0.3) is 31.9 Å². The van der Waals surface area contributed by atoms with Crippen molar-refractivity contribution in [2.24, 2.45) is 0 Å². The lowest BCUT2D eigenvalue weighted by molar-refractivity contribution is 0.260. The van der Waals surface area contributed by atoms with Gasteiger partial charge in [0.1, 0.15) is 11.0 Å². The fourth-order valence-corrected chi connectivity index (χ4v) is 6.18. The molecular weight excluding hydrogens is 500 g/mol. The Morgan fingerprint density at radius 3 is 1.46 bits per heavy atom. The Balaban J connectivity index is 1.65. The number of nitrogens with zero attached hydrogens (tertiary/aromatic N) is 2. The van der Waals surface area contributed by atoms with E-state index in [1.54, 1.807) is 22.7 Å². The van der Waals surface area contributed by atoms with Crippen LogP contribution in [0, 0.1) is 0 Å². The summed E-state index contributed by atoms with van der Waals surface area (Å²) < 4.78 is 18.5.